The summed E-state index contributed by atoms with van der Waals surface area (Å²) in [7, 11) is 0. The van der Waals surface area contributed by atoms with E-state index in [4.69, 9.17) is 0 Å². The lowest BCUT2D eigenvalue weighted by Crippen LogP contribution is -2.15. The van der Waals surface area contributed by atoms with E-state index in [1.54, 1.807) is 0 Å². The van der Waals surface area contributed by atoms with Gasteiger partial charge in [0.2, 0.25) is 0 Å². The Kier molecular flexibility index (Phi) is 1.81. The number of aromatic nitrogens is 1. The van der Waals surface area contributed by atoms with Gasteiger partial charge in [-0.1, -0.05) is 12.1 Å². The monoisotopic (exact) mass is 186 g/mol. The van der Waals surface area contributed by atoms with Gasteiger partial charge in [0.25, 0.3) is 0 Å². The molecule has 1 aliphatic carbocycles. The molecule has 3 rings (SSSR count). The minimum atomic E-state index is 0.786. The molecule has 14 heavy (non-hydrogen) atoms. The number of rotatable bonds is 3. The van der Waals surface area contributed by atoms with Crippen molar-refractivity contribution in [1.82, 2.24) is 10.3 Å². The van der Waals surface area contributed by atoms with E-state index in [0.717, 1.165) is 12.6 Å². The molecule has 2 N–H and O–H groups in total. The molecule has 0 unspecified atom stereocenters. The van der Waals surface area contributed by atoms with Crippen molar-refractivity contribution in [2.45, 2.75) is 25.4 Å². The molecule has 1 aromatic carbocycles. The summed E-state index contributed by atoms with van der Waals surface area (Å²) in [4.78, 5) is 3.24. The zero-order valence-electron chi connectivity index (χ0n) is 8.09. The van der Waals surface area contributed by atoms with Gasteiger partial charge in [-0.05, 0) is 35.9 Å². The Labute approximate surface area is 83.3 Å². The summed E-state index contributed by atoms with van der Waals surface area (Å²) < 4.78 is 0. The maximum absolute atomic E-state index is 3.52. The van der Waals surface area contributed by atoms with Gasteiger partial charge in [0.15, 0.2) is 0 Å². The van der Waals surface area contributed by atoms with Crippen molar-refractivity contribution in [1.29, 1.82) is 0 Å². The van der Waals surface area contributed by atoms with E-state index in [2.05, 4.69) is 34.6 Å². The summed E-state index contributed by atoms with van der Waals surface area (Å²) >= 11 is 0. The van der Waals surface area contributed by atoms with Crippen molar-refractivity contribution >= 4 is 10.9 Å². The average molecular weight is 186 g/mol. The molecule has 1 aromatic heterocycles. The fourth-order valence-corrected chi connectivity index (χ4v) is 1.75. The van der Waals surface area contributed by atoms with Crippen molar-refractivity contribution in [3.05, 3.63) is 36.0 Å². The second-order valence-electron chi connectivity index (χ2n) is 4.05. The number of benzene rings is 1. The standard InChI is InChI=1S/C12H14N2/c1-2-10-5-6-13-12(10)7-9(1)8-14-11-3-4-11/h1-2,5-7,11,13-14H,3-4,8H2. The highest BCUT2D eigenvalue weighted by molar-refractivity contribution is 5.79. The van der Waals surface area contributed by atoms with Crippen LogP contribution in [0.15, 0.2) is 30.5 Å². The van der Waals surface area contributed by atoms with E-state index in [-0.39, 0.29) is 0 Å². The molecular formula is C12H14N2. The van der Waals surface area contributed by atoms with Crippen molar-refractivity contribution in [2.24, 2.45) is 0 Å². The molecular weight excluding hydrogens is 172 g/mol. The predicted molar refractivity (Wildman–Crippen MR) is 58.2 cm³/mol. The lowest BCUT2D eigenvalue weighted by molar-refractivity contribution is 0.688. The van der Waals surface area contributed by atoms with Crippen LogP contribution in [0.25, 0.3) is 10.9 Å². The van der Waals surface area contributed by atoms with Crippen LogP contribution in [0.2, 0.25) is 0 Å². The van der Waals surface area contributed by atoms with Gasteiger partial charge in [0.05, 0.1) is 0 Å². The third-order valence-corrected chi connectivity index (χ3v) is 2.79. The highest BCUT2D eigenvalue weighted by Crippen LogP contribution is 2.20. The van der Waals surface area contributed by atoms with Crippen LogP contribution < -0.4 is 5.32 Å². The zero-order valence-corrected chi connectivity index (χ0v) is 8.09. The first-order chi connectivity index (χ1) is 6.92. The largest absolute Gasteiger partial charge is 0.361 e. The fraction of sp³-hybridized carbons (Fsp3) is 0.333. The lowest BCUT2D eigenvalue weighted by Gasteiger charge is -2.02. The highest BCUT2D eigenvalue weighted by atomic mass is 14.9. The SMILES string of the molecule is c1cc2ccc(CNC3CC3)cc2[nH]1. The molecule has 0 atom stereocenters. The number of fused-ring (bicyclic) bond motifs is 1. The summed E-state index contributed by atoms with van der Waals surface area (Å²) in [6.45, 7) is 1.000. The number of H-pyrrole nitrogens is 1. The van der Waals surface area contributed by atoms with Crippen LogP contribution in [0.1, 0.15) is 18.4 Å². The molecule has 2 aromatic rings. The first kappa shape index (κ1) is 8.06. The van der Waals surface area contributed by atoms with E-state index in [1.807, 2.05) is 6.20 Å². The van der Waals surface area contributed by atoms with Crippen LogP contribution in [-0.2, 0) is 6.54 Å². The first-order valence-electron chi connectivity index (χ1n) is 5.21. The van der Waals surface area contributed by atoms with E-state index in [1.165, 1.54) is 29.3 Å². The second kappa shape index (κ2) is 3.14. The maximum atomic E-state index is 3.52. The molecule has 0 radical (unpaired) electrons. The van der Waals surface area contributed by atoms with Crippen molar-refractivity contribution < 1.29 is 0 Å². The molecule has 1 saturated carbocycles. The van der Waals surface area contributed by atoms with Crippen LogP contribution in [0.5, 0.6) is 0 Å². The minimum absolute atomic E-state index is 0.786. The normalized spacial score (nSPS) is 16.3. The summed E-state index contributed by atoms with van der Waals surface area (Å²) in [6.07, 6.45) is 4.69. The Morgan fingerprint density at radius 1 is 1.29 bits per heavy atom. The molecule has 1 fully saturated rings. The molecule has 2 heteroatoms. The molecule has 0 amide bonds. The Bertz CT molecular complexity index is 440. The van der Waals surface area contributed by atoms with Gasteiger partial charge in [-0.25, -0.2) is 0 Å². The van der Waals surface area contributed by atoms with Gasteiger partial charge in [0.1, 0.15) is 0 Å². The number of aromatic amines is 1. The lowest BCUT2D eigenvalue weighted by atomic mass is 10.1. The number of hydrogen-bond donors (Lipinski definition) is 2. The first-order valence-corrected chi connectivity index (χ1v) is 5.21. The summed E-state index contributed by atoms with van der Waals surface area (Å²) in [5.74, 6) is 0. The Hall–Kier alpha value is -1.28. The minimum Gasteiger partial charge on any atom is -0.361 e. The van der Waals surface area contributed by atoms with Crippen molar-refractivity contribution in [2.75, 3.05) is 0 Å². The summed E-state index contributed by atoms with van der Waals surface area (Å²) in [5, 5.41) is 4.81. The van der Waals surface area contributed by atoms with Crippen LogP contribution in [0, 0.1) is 0 Å². The molecule has 0 aliphatic heterocycles. The van der Waals surface area contributed by atoms with Gasteiger partial charge in [-0.3, -0.25) is 0 Å². The Morgan fingerprint density at radius 3 is 3.07 bits per heavy atom. The third-order valence-electron chi connectivity index (χ3n) is 2.79. The van der Waals surface area contributed by atoms with Gasteiger partial charge in [-0.15, -0.1) is 0 Å². The predicted octanol–water partition coefficient (Wildman–Crippen LogP) is 2.42. The zero-order chi connectivity index (χ0) is 9.38. The van der Waals surface area contributed by atoms with Crippen LogP contribution >= 0.6 is 0 Å². The Balaban J connectivity index is 1.81. The second-order valence-corrected chi connectivity index (χ2v) is 4.05. The van der Waals surface area contributed by atoms with E-state index >= 15 is 0 Å². The molecule has 72 valence electrons. The molecule has 0 spiro atoms. The van der Waals surface area contributed by atoms with Crippen molar-refractivity contribution in [3.63, 3.8) is 0 Å². The van der Waals surface area contributed by atoms with Crippen molar-refractivity contribution in [3.8, 4) is 0 Å². The van der Waals surface area contributed by atoms with Gasteiger partial charge in [0, 0.05) is 24.3 Å². The molecule has 0 saturated heterocycles. The number of hydrogen-bond acceptors (Lipinski definition) is 1. The Morgan fingerprint density at radius 2 is 2.21 bits per heavy atom. The van der Waals surface area contributed by atoms with Gasteiger partial charge < -0.3 is 10.3 Å². The fourth-order valence-electron chi connectivity index (χ4n) is 1.75. The van der Waals surface area contributed by atoms with E-state index in [9.17, 15) is 0 Å². The van der Waals surface area contributed by atoms with E-state index < -0.39 is 0 Å². The summed E-state index contributed by atoms with van der Waals surface area (Å²) in [6, 6.07) is 9.49. The summed E-state index contributed by atoms with van der Waals surface area (Å²) in [5.41, 5.74) is 2.60. The third kappa shape index (κ3) is 1.53. The van der Waals surface area contributed by atoms with Crippen LogP contribution in [0.3, 0.4) is 0 Å². The van der Waals surface area contributed by atoms with Crippen LogP contribution in [0.4, 0.5) is 0 Å². The molecule has 2 nitrogen and oxygen atoms in total. The molecule has 1 aliphatic rings. The number of nitrogens with one attached hydrogen (secondary N) is 2. The smallest absolute Gasteiger partial charge is 0.0457 e. The van der Waals surface area contributed by atoms with Gasteiger partial charge >= 0.3 is 0 Å². The quantitative estimate of drug-likeness (QED) is 0.757. The maximum Gasteiger partial charge on any atom is 0.0457 e. The van der Waals surface area contributed by atoms with E-state index in [0.29, 0.717) is 0 Å². The van der Waals surface area contributed by atoms with Crippen LogP contribution in [-0.4, -0.2) is 11.0 Å². The van der Waals surface area contributed by atoms with Gasteiger partial charge in [-0.2, -0.15) is 0 Å². The topological polar surface area (TPSA) is 27.8 Å². The molecule has 1 heterocycles. The molecule has 0 bridgehead atoms. The average Bonchev–Trinajstić information content (AvgIpc) is 2.92. The highest BCUT2D eigenvalue weighted by Gasteiger charge is 2.19.